The Morgan fingerprint density at radius 3 is 2.44 bits per heavy atom. The van der Waals surface area contributed by atoms with E-state index in [2.05, 4.69) is 53.6 Å². The summed E-state index contributed by atoms with van der Waals surface area (Å²) in [5.74, 6) is 2.08. The number of piperidine rings is 1. The highest BCUT2D eigenvalue weighted by atomic mass is 16.5. The van der Waals surface area contributed by atoms with Crippen LogP contribution in [0.4, 0.5) is 5.69 Å². The average molecular weight is 445 g/mol. The molecule has 1 aliphatic heterocycles. The minimum absolute atomic E-state index is 0.319. The number of ether oxygens (including phenoxy) is 1. The maximum atomic E-state index is 9.33. The summed E-state index contributed by atoms with van der Waals surface area (Å²) < 4.78 is 6.05. The van der Waals surface area contributed by atoms with Crippen LogP contribution in [0.1, 0.15) is 64.4 Å². The van der Waals surface area contributed by atoms with E-state index in [4.69, 9.17) is 9.73 Å². The minimum Gasteiger partial charge on any atom is -0.396 e. The number of benzene rings is 1. The van der Waals surface area contributed by atoms with Crippen LogP contribution in [-0.4, -0.2) is 56.6 Å². The highest BCUT2D eigenvalue weighted by Crippen LogP contribution is 2.30. The molecular weight excluding hydrogens is 400 g/mol. The van der Waals surface area contributed by atoms with Crippen LogP contribution in [0.5, 0.6) is 0 Å². The molecule has 6 nitrogen and oxygen atoms in total. The van der Waals surface area contributed by atoms with Gasteiger partial charge < -0.3 is 25.4 Å². The fourth-order valence-electron chi connectivity index (χ4n) is 5.03. The summed E-state index contributed by atoms with van der Waals surface area (Å²) in [6, 6.07) is 8.79. The van der Waals surface area contributed by atoms with Gasteiger partial charge >= 0.3 is 0 Å². The topological polar surface area (TPSA) is 69.1 Å². The number of anilines is 1. The second kappa shape index (κ2) is 13.7. The predicted octanol–water partition coefficient (Wildman–Crippen LogP) is 3.94. The summed E-state index contributed by atoms with van der Waals surface area (Å²) in [6.07, 6.45) is 8.88. The molecule has 1 heterocycles. The summed E-state index contributed by atoms with van der Waals surface area (Å²) in [5.41, 5.74) is 2.49. The van der Waals surface area contributed by atoms with Crippen molar-refractivity contribution in [3.63, 3.8) is 0 Å². The van der Waals surface area contributed by atoms with Gasteiger partial charge in [0, 0.05) is 45.1 Å². The van der Waals surface area contributed by atoms with Crippen molar-refractivity contribution in [1.29, 1.82) is 0 Å². The molecule has 0 amide bonds. The number of rotatable bonds is 11. The van der Waals surface area contributed by atoms with Crippen LogP contribution in [0.3, 0.4) is 0 Å². The van der Waals surface area contributed by atoms with E-state index in [-0.39, 0.29) is 0 Å². The molecule has 0 bridgehead atoms. The molecule has 3 N–H and O–H groups in total. The van der Waals surface area contributed by atoms with E-state index in [1.165, 1.54) is 36.9 Å². The molecule has 180 valence electrons. The lowest BCUT2D eigenvalue weighted by atomic mass is 9.97. The zero-order valence-corrected chi connectivity index (χ0v) is 20.2. The van der Waals surface area contributed by atoms with E-state index in [1.807, 2.05) is 0 Å². The third-order valence-corrected chi connectivity index (χ3v) is 6.97. The van der Waals surface area contributed by atoms with Crippen molar-refractivity contribution < 1.29 is 9.84 Å². The number of hydrogen-bond acceptors (Lipinski definition) is 4. The summed E-state index contributed by atoms with van der Waals surface area (Å²) >= 11 is 0. The van der Waals surface area contributed by atoms with E-state index < -0.39 is 0 Å². The van der Waals surface area contributed by atoms with Crippen LogP contribution < -0.4 is 15.5 Å². The Hall–Kier alpha value is -1.79. The van der Waals surface area contributed by atoms with Gasteiger partial charge in [-0.2, -0.15) is 0 Å². The molecule has 0 radical (unpaired) electrons. The lowest BCUT2D eigenvalue weighted by Crippen LogP contribution is -2.39. The Labute approximate surface area is 194 Å². The molecule has 3 rings (SSSR count). The Morgan fingerprint density at radius 1 is 1.09 bits per heavy atom. The fourth-order valence-corrected chi connectivity index (χ4v) is 5.03. The molecule has 0 aromatic heterocycles. The highest BCUT2D eigenvalue weighted by Gasteiger charge is 2.25. The zero-order chi connectivity index (χ0) is 22.6. The lowest BCUT2D eigenvalue weighted by Gasteiger charge is -2.32. The Bertz CT molecular complexity index is 665. The van der Waals surface area contributed by atoms with Gasteiger partial charge in [0.1, 0.15) is 0 Å². The van der Waals surface area contributed by atoms with Crippen molar-refractivity contribution >= 4 is 11.6 Å². The lowest BCUT2D eigenvalue weighted by molar-refractivity contribution is 0.0169. The number of guanidine groups is 1. The van der Waals surface area contributed by atoms with Gasteiger partial charge in [-0.05, 0) is 75.5 Å². The molecule has 1 aromatic carbocycles. The standard InChI is InChI=1S/C26H44N4O2/c1-3-27-26(28-16-13-25(32-4-2)23-7-5-6-8-23)29-19-21-9-11-24(12-10-21)30-17-14-22(20-31)15-18-30/h9-12,22-23,25,31H,3-8,13-20H2,1-2H3,(H2,27,28,29). The average Bonchev–Trinajstić information content (AvgIpc) is 3.37. The maximum Gasteiger partial charge on any atom is 0.191 e. The summed E-state index contributed by atoms with van der Waals surface area (Å²) in [6.45, 7) is 9.78. The number of hydrogen-bond donors (Lipinski definition) is 3. The first kappa shape index (κ1) is 24.8. The SMILES string of the molecule is CCNC(=NCc1ccc(N2CCC(CO)CC2)cc1)NCCC(OCC)C1CCCC1. The monoisotopic (exact) mass is 444 g/mol. The summed E-state index contributed by atoms with van der Waals surface area (Å²) in [7, 11) is 0. The Morgan fingerprint density at radius 2 is 1.81 bits per heavy atom. The molecular formula is C26H44N4O2. The van der Waals surface area contributed by atoms with Gasteiger partial charge in [0.25, 0.3) is 0 Å². The first-order chi connectivity index (χ1) is 15.7. The van der Waals surface area contributed by atoms with Gasteiger partial charge in [0.05, 0.1) is 12.6 Å². The van der Waals surface area contributed by atoms with Crippen molar-refractivity contribution in [2.45, 2.75) is 71.4 Å². The summed E-state index contributed by atoms with van der Waals surface area (Å²) in [5, 5.41) is 16.2. The first-order valence-corrected chi connectivity index (χ1v) is 12.8. The van der Waals surface area contributed by atoms with Crippen LogP contribution in [0.2, 0.25) is 0 Å². The van der Waals surface area contributed by atoms with E-state index in [9.17, 15) is 5.11 Å². The van der Waals surface area contributed by atoms with Crippen molar-refractivity contribution in [1.82, 2.24) is 10.6 Å². The normalized spacial score (nSPS) is 19.3. The van der Waals surface area contributed by atoms with Gasteiger partial charge in [0.15, 0.2) is 5.96 Å². The quantitative estimate of drug-likeness (QED) is 0.356. The van der Waals surface area contributed by atoms with Gasteiger partial charge in [-0.1, -0.05) is 25.0 Å². The molecule has 6 heteroatoms. The van der Waals surface area contributed by atoms with Crippen LogP contribution in [0.15, 0.2) is 29.3 Å². The molecule has 2 fully saturated rings. The van der Waals surface area contributed by atoms with Crippen LogP contribution in [-0.2, 0) is 11.3 Å². The van der Waals surface area contributed by atoms with Gasteiger partial charge in [0.2, 0.25) is 0 Å². The Balaban J connectivity index is 1.47. The molecule has 1 aromatic rings. The number of aliphatic hydroxyl groups excluding tert-OH is 1. The second-order valence-electron chi connectivity index (χ2n) is 9.23. The molecule has 1 saturated carbocycles. The van der Waals surface area contributed by atoms with Crippen LogP contribution in [0.25, 0.3) is 0 Å². The van der Waals surface area contributed by atoms with E-state index in [1.54, 1.807) is 0 Å². The predicted molar refractivity (Wildman–Crippen MR) is 133 cm³/mol. The van der Waals surface area contributed by atoms with Gasteiger partial charge in [-0.3, -0.25) is 0 Å². The smallest absolute Gasteiger partial charge is 0.191 e. The third-order valence-electron chi connectivity index (χ3n) is 6.97. The minimum atomic E-state index is 0.319. The van der Waals surface area contributed by atoms with E-state index in [0.717, 1.165) is 63.9 Å². The highest BCUT2D eigenvalue weighted by molar-refractivity contribution is 5.79. The van der Waals surface area contributed by atoms with E-state index in [0.29, 0.717) is 25.2 Å². The molecule has 1 saturated heterocycles. The largest absolute Gasteiger partial charge is 0.396 e. The third kappa shape index (κ3) is 7.66. The maximum absolute atomic E-state index is 9.33. The Kier molecular flexibility index (Phi) is 10.6. The summed E-state index contributed by atoms with van der Waals surface area (Å²) in [4.78, 5) is 7.22. The van der Waals surface area contributed by atoms with Gasteiger partial charge in [-0.25, -0.2) is 4.99 Å². The fraction of sp³-hybridized carbons (Fsp3) is 0.731. The number of nitrogens with one attached hydrogen (secondary N) is 2. The number of nitrogens with zero attached hydrogens (tertiary/aromatic N) is 2. The zero-order valence-electron chi connectivity index (χ0n) is 20.2. The molecule has 2 aliphatic rings. The number of aliphatic hydroxyl groups is 1. The van der Waals surface area contributed by atoms with Crippen LogP contribution in [0, 0.1) is 11.8 Å². The van der Waals surface area contributed by atoms with Crippen molar-refractivity contribution in [2.24, 2.45) is 16.8 Å². The second-order valence-corrected chi connectivity index (χ2v) is 9.23. The van der Waals surface area contributed by atoms with E-state index >= 15 is 0 Å². The molecule has 1 unspecified atom stereocenters. The molecule has 1 aliphatic carbocycles. The van der Waals surface area contributed by atoms with Crippen LogP contribution >= 0.6 is 0 Å². The molecule has 32 heavy (non-hydrogen) atoms. The van der Waals surface area contributed by atoms with Crippen molar-refractivity contribution in [3.05, 3.63) is 29.8 Å². The first-order valence-electron chi connectivity index (χ1n) is 12.8. The number of aliphatic imine (C=N–C) groups is 1. The molecule has 1 atom stereocenters. The van der Waals surface area contributed by atoms with Crippen molar-refractivity contribution in [2.75, 3.05) is 44.3 Å². The van der Waals surface area contributed by atoms with Crippen molar-refractivity contribution in [3.8, 4) is 0 Å². The van der Waals surface area contributed by atoms with Gasteiger partial charge in [-0.15, -0.1) is 0 Å². The molecule has 0 spiro atoms.